The third kappa shape index (κ3) is 3.51. The van der Waals surface area contributed by atoms with E-state index < -0.39 is 29.2 Å². The maximum Gasteiger partial charge on any atom is 0.331 e. The summed E-state index contributed by atoms with van der Waals surface area (Å²) in [5, 5.41) is 12.2. The van der Waals surface area contributed by atoms with Gasteiger partial charge in [-0.05, 0) is 46.3 Å². The lowest BCUT2D eigenvalue weighted by Gasteiger charge is -2.17. The molecule has 0 aromatic heterocycles. The molecule has 0 aliphatic heterocycles. The molecule has 0 heterocycles. The van der Waals surface area contributed by atoms with E-state index in [1.165, 1.54) is 24.3 Å². The molecule has 3 nitrogen and oxygen atoms in total. The highest BCUT2D eigenvalue weighted by Crippen LogP contribution is 2.29. The van der Waals surface area contributed by atoms with Crippen molar-refractivity contribution in [2.24, 2.45) is 0 Å². The van der Waals surface area contributed by atoms with Gasteiger partial charge in [0.05, 0.1) is 10.6 Å². The Morgan fingerprint density at radius 3 is 2.38 bits per heavy atom. The summed E-state index contributed by atoms with van der Waals surface area (Å²) in [5.74, 6) is -3.25. The average Bonchev–Trinajstić information content (AvgIpc) is 2.41. The maximum atomic E-state index is 13.7. The van der Waals surface area contributed by atoms with Gasteiger partial charge in [0, 0.05) is 10.2 Å². The second-order valence-corrected chi connectivity index (χ2v) is 5.44. The van der Waals surface area contributed by atoms with E-state index in [9.17, 15) is 18.7 Å². The summed E-state index contributed by atoms with van der Waals surface area (Å²) in [6.45, 7) is 0. The van der Waals surface area contributed by atoms with Crippen LogP contribution in [0.1, 0.15) is 11.6 Å². The van der Waals surface area contributed by atoms with Crippen LogP contribution in [-0.4, -0.2) is 11.1 Å². The van der Waals surface area contributed by atoms with Crippen molar-refractivity contribution in [3.05, 3.63) is 63.1 Å². The molecule has 0 saturated heterocycles. The third-order valence-corrected chi connectivity index (χ3v) is 3.98. The van der Waals surface area contributed by atoms with Crippen LogP contribution < -0.4 is 5.32 Å². The molecule has 0 aliphatic carbocycles. The van der Waals surface area contributed by atoms with E-state index in [0.717, 1.165) is 12.1 Å². The van der Waals surface area contributed by atoms with Crippen LogP contribution in [0.25, 0.3) is 0 Å². The molecule has 0 amide bonds. The highest BCUT2D eigenvalue weighted by Gasteiger charge is 2.26. The molecule has 110 valence electrons. The Morgan fingerprint density at radius 2 is 1.86 bits per heavy atom. The van der Waals surface area contributed by atoms with Crippen LogP contribution in [0.3, 0.4) is 0 Å². The lowest BCUT2D eigenvalue weighted by molar-refractivity contribution is -0.138. The minimum atomic E-state index is -1.56. The molecule has 1 atom stereocenters. The topological polar surface area (TPSA) is 49.3 Å². The van der Waals surface area contributed by atoms with Crippen molar-refractivity contribution >= 4 is 39.2 Å². The van der Waals surface area contributed by atoms with Gasteiger partial charge in [0.15, 0.2) is 6.04 Å². The molecule has 0 radical (unpaired) electrons. The SMILES string of the molecule is O=C(O)C(Nc1ccc(Cl)c(Br)c1)c1c(F)cccc1F. The molecule has 0 aliphatic rings. The number of carbonyl (C=O) groups is 1. The predicted molar refractivity (Wildman–Crippen MR) is 79.5 cm³/mol. The zero-order chi connectivity index (χ0) is 15.6. The summed E-state index contributed by atoms with van der Waals surface area (Å²) < 4.78 is 28.0. The molecule has 2 aromatic carbocycles. The second-order valence-electron chi connectivity index (χ2n) is 4.18. The van der Waals surface area contributed by atoms with E-state index in [1.807, 2.05) is 0 Å². The van der Waals surface area contributed by atoms with Crippen LogP contribution >= 0.6 is 27.5 Å². The number of rotatable bonds is 4. The molecule has 2 N–H and O–H groups in total. The minimum Gasteiger partial charge on any atom is -0.479 e. The number of carboxylic acid groups (broad SMARTS) is 1. The van der Waals surface area contributed by atoms with Gasteiger partial charge in [-0.3, -0.25) is 0 Å². The van der Waals surface area contributed by atoms with Gasteiger partial charge >= 0.3 is 5.97 Å². The number of carboxylic acids is 1. The fourth-order valence-electron chi connectivity index (χ4n) is 1.80. The number of benzene rings is 2. The summed E-state index contributed by atoms with van der Waals surface area (Å²) in [7, 11) is 0. The van der Waals surface area contributed by atoms with Crippen molar-refractivity contribution < 1.29 is 18.7 Å². The highest BCUT2D eigenvalue weighted by molar-refractivity contribution is 9.10. The van der Waals surface area contributed by atoms with E-state index in [2.05, 4.69) is 21.2 Å². The largest absolute Gasteiger partial charge is 0.479 e. The Labute approximate surface area is 132 Å². The molecular formula is C14H9BrClF2NO2. The highest BCUT2D eigenvalue weighted by atomic mass is 79.9. The normalized spacial score (nSPS) is 12.0. The van der Waals surface area contributed by atoms with Crippen molar-refractivity contribution in [2.45, 2.75) is 6.04 Å². The van der Waals surface area contributed by atoms with Gasteiger partial charge in [-0.2, -0.15) is 0 Å². The maximum absolute atomic E-state index is 13.7. The van der Waals surface area contributed by atoms with Crippen LogP contribution in [-0.2, 0) is 4.79 Å². The van der Waals surface area contributed by atoms with E-state index in [0.29, 0.717) is 15.2 Å². The molecule has 7 heteroatoms. The summed E-state index contributed by atoms with van der Waals surface area (Å²) in [5.41, 5.74) is -0.183. The monoisotopic (exact) mass is 375 g/mol. The van der Waals surface area contributed by atoms with E-state index in [1.54, 1.807) is 0 Å². The first-order valence-corrected chi connectivity index (χ1v) is 6.95. The second kappa shape index (κ2) is 6.41. The first kappa shape index (κ1) is 15.7. The van der Waals surface area contributed by atoms with Crippen molar-refractivity contribution in [2.75, 3.05) is 5.32 Å². The van der Waals surface area contributed by atoms with E-state index in [-0.39, 0.29) is 0 Å². The number of anilines is 1. The van der Waals surface area contributed by atoms with Crippen LogP contribution in [0.4, 0.5) is 14.5 Å². The Morgan fingerprint density at radius 1 is 1.24 bits per heavy atom. The first-order valence-electron chi connectivity index (χ1n) is 5.78. The molecule has 1 unspecified atom stereocenters. The Bertz CT molecular complexity index is 676. The average molecular weight is 377 g/mol. The van der Waals surface area contributed by atoms with Crippen LogP contribution in [0.15, 0.2) is 40.9 Å². The molecular weight excluding hydrogens is 368 g/mol. The smallest absolute Gasteiger partial charge is 0.331 e. The fourth-order valence-corrected chi connectivity index (χ4v) is 2.29. The Hall–Kier alpha value is -1.66. The lowest BCUT2D eigenvalue weighted by Crippen LogP contribution is -2.23. The molecule has 2 rings (SSSR count). The van der Waals surface area contributed by atoms with Crippen molar-refractivity contribution in [3.63, 3.8) is 0 Å². The molecule has 0 spiro atoms. The van der Waals surface area contributed by atoms with Gasteiger partial charge in [-0.1, -0.05) is 17.7 Å². The van der Waals surface area contributed by atoms with Gasteiger partial charge in [-0.25, -0.2) is 13.6 Å². The number of aliphatic carboxylic acids is 1. The molecule has 0 saturated carbocycles. The number of halogens is 4. The Balaban J connectivity index is 2.40. The van der Waals surface area contributed by atoms with Crippen LogP contribution in [0, 0.1) is 11.6 Å². The predicted octanol–water partition coefficient (Wildman–Crippen LogP) is 4.62. The van der Waals surface area contributed by atoms with Gasteiger partial charge < -0.3 is 10.4 Å². The molecule has 21 heavy (non-hydrogen) atoms. The number of hydrogen-bond acceptors (Lipinski definition) is 2. The van der Waals surface area contributed by atoms with Gasteiger partial charge in [0.25, 0.3) is 0 Å². The molecule has 0 bridgehead atoms. The Kier molecular flexibility index (Phi) is 4.80. The fraction of sp³-hybridized carbons (Fsp3) is 0.0714. The molecule has 0 fully saturated rings. The summed E-state index contributed by atoms with van der Waals surface area (Å²) >= 11 is 9.03. The van der Waals surface area contributed by atoms with E-state index >= 15 is 0 Å². The standard InChI is InChI=1S/C14H9BrClF2NO2/c15-8-6-7(4-5-9(8)16)19-13(14(20)21)12-10(17)2-1-3-11(12)18/h1-6,13,19H,(H,20,21). The summed E-state index contributed by atoms with van der Waals surface area (Å²) in [6.07, 6.45) is 0. The number of nitrogens with one attached hydrogen (secondary N) is 1. The summed E-state index contributed by atoms with van der Waals surface area (Å²) in [4.78, 5) is 11.3. The lowest BCUT2D eigenvalue weighted by atomic mass is 10.1. The van der Waals surface area contributed by atoms with Gasteiger partial charge in [0.1, 0.15) is 11.6 Å². The first-order chi connectivity index (χ1) is 9.90. The van der Waals surface area contributed by atoms with Gasteiger partial charge in [0.2, 0.25) is 0 Å². The zero-order valence-electron chi connectivity index (χ0n) is 10.4. The quantitative estimate of drug-likeness (QED) is 0.819. The summed E-state index contributed by atoms with van der Waals surface area (Å²) in [6, 6.07) is 6.20. The van der Waals surface area contributed by atoms with Crippen LogP contribution in [0.5, 0.6) is 0 Å². The minimum absolute atomic E-state index is 0.362. The van der Waals surface area contributed by atoms with Crippen molar-refractivity contribution in [3.8, 4) is 0 Å². The van der Waals surface area contributed by atoms with Gasteiger partial charge in [-0.15, -0.1) is 0 Å². The zero-order valence-corrected chi connectivity index (χ0v) is 12.8. The van der Waals surface area contributed by atoms with Crippen molar-refractivity contribution in [1.82, 2.24) is 0 Å². The van der Waals surface area contributed by atoms with E-state index in [4.69, 9.17) is 11.6 Å². The van der Waals surface area contributed by atoms with Crippen LogP contribution in [0.2, 0.25) is 5.02 Å². The molecule has 2 aromatic rings. The third-order valence-electron chi connectivity index (χ3n) is 2.77. The van der Waals surface area contributed by atoms with Crippen molar-refractivity contribution in [1.29, 1.82) is 0 Å². The number of hydrogen-bond donors (Lipinski definition) is 2.